The van der Waals surface area contributed by atoms with Crippen molar-refractivity contribution in [3.05, 3.63) is 102 Å². The standard InChI is InChI=1S/C24H19N3O4/c28-20(25-24-27-26-22(31-24)19-14-8-3-9-15-19)16-30-23(29)21(17-10-4-1-5-11-17)18-12-6-2-7-13-18/h1-15,21H,16H2,(H,25,27,28). The summed E-state index contributed by atoms with van der Waals surface area (Å²) in [5, 5.41) is 10.2. The number of carbonyl (C=O) groups is 2. The van der Waals surface area contributed by atoms with Gasteiger partial charge < -0.3 is 9.15 Å². The topological polar surface area (TPSA) is 94.3 Å². The van der Waals surface area contributed by atoms with Crippen LogP contribution in [-0.4, -0.2) is 28.7 Å². The van der Waals surface area contributed by atoms with Gasteiger partial charge in [0.15, 0.2) is 6.61 Å². The molecule has 0 bridgehead atoms. The van der Waals surface area contributed by atoms with Gasteiger partial charge in [0.05, 0.1) is 0 Å². The second kappa shape index (κ2) is 9.49. The first kappa shape index (κ1) is 20.0. The molecule has 7 nitrogen and oxygen atoms in total. The predicted molar refractivity (Wildman–Crippen MR) is 114 cm³/mol. The molecule has 1 aromatic heterocycles. The maximum absolute atomic E-state index is 12.8. The molecule has 0 saturated carbocycles. The Morgan fingerprint density at radius 3 is 1.94 bits per heavy atom. The molecule has 1 amide bonds. The van der Waals surface area contributed by atoms with Crippen LogP contribution >= 0.6 is 0 Å². The average molecular weight is 413 g/mol. The van der Waals surface area contributed by atoms with E-state index in [1.165, 1.54) is 0 Å². The van der Waals surface area contributed by atoms with Crippen molar-refractivity contribution in [1.82, 2.24) is 10.2 Å². The Balaban J connectivity index is 1.40. The van der Waals surface area contributed by atoms with Crippen molar-refractivity contribution in [2.75, 3.05) is 11.9 Å². The summed E-state index contributed by atoms with van der Waals surface area (Å²) >= 11 is 0. The highest BCUT2D eigenvalue weighted by molar-refractivity contribution is 5.92. The van der Waals surface area contributed by atoms with Crippen LogP contribution in [-0.2, 0) is 14.3 Å². The van der Waals surface area contributed by atoms with Crippen molar-refractivity contribution in [3.8, 4) is 11.5 Å². The van der Waals surface area contributed by atoms with Crippen LogP contribution in [0.2, 0.25) is 0 Å². The van der Waals surface area contributed by atoms with E-state index in [-0.39, 0.29) is 11.9 Å². The van der Waals surface area contributed by atoms with Crippen molar-refractivity contribution in [2.24, 2.45) is 0 Å². The van der Waals surface area contributed by atoms with Gasteiger partial charge in [-0.2, -0.15) is 0 Å². The summed E-state index contributed by atoms with van der Waals surface area (Å²) in [6.45, 7) is -0.474. The first-order valence-corrected chi connectivity index (χ1v) is 9.66. The van der Waals surface area contributed by atoms with Gasteiger partial charge in [0, 0.05) is 5.56 Å². The fraction of sp³-hybridized carbons (Fsp3) is 0.0833. The molecular formula is C24H19N3O4. The highest BCUT2D eigenvalue weighted by atomic mass is 16.5. The van der Waals surface area contributed by atoms with Crippen LogP contribution in [0.15, 0.2) is 95.4 Å². The van der Waals surface area contributed by atoms with Gasteiger partial charge in [0.1, 0.15) is 5.92 Å². The fourth-order valence-electron chi connectivity index (χ4n) is 3.10. The Labute approximate surface area is 178 Å². The van der Waals surface area contributed by atoms with Gasteiger partial charge in [0.2, 0.25) is 5.89 Å². The van der Waals surface area contributed by atoms with Gasteiger partial charge in [-0.15, -0.1) is 5.10 Å². The number of amides is 1. The number of aromatic nitrogens is 2. The Morgan fingerprint density at radius 2 is 1.35 bits per heavy atom. The Kier molecular flexibility index (Phi) is 6.13. The third kappa shape index (κ3) is 5.02. The summed E-state index contributed by atoms with van der Waals surface area (Å²) < 4.78 is 10.7. The number of nitrogens with one attached hydrogen (secondary N) is 1. The second-order valence-corrected chi connectivity index (χ2v) is 6.69. The number of hydrogen-bond donors (Lipinski definition) is 1. The number of ether oxygens (including phenoxy) is 1. The SMILES string of the molecule is O=C(COC(=O)C(c1ccccc1)c1ccccc1)Nc1nnc(-c2ccccc2)o1. The van der Waals surface area contributed by atoms with Crippen LogP contribution in [0.3, 0.4) is 0 Å². The molecule has 1 N–H and O–H groups in total. The van der Waals surface area contributed by atoms with Gasteiger partial charge in [-0.05, 0) is 23.3 Å². The molecule has 0 aliphatic rings. The van der Waals surface area contributed by atoms with Crippen LogP contribution in [0, 0.1) is 0 Å². The zero-order valence-corrected chi connectivity index (χ0v) is 16.5. The highest BCUT2D eigenvalue weighted by Crippen LogP contribution is 2.26. The third-order valence-electron chi connectivity index (χ3n) is 4.54. The molecule has 7 heteroatoms. The zero-order valence-electron chi connectivity index (χ0n) is 16.5. The van der Waals surface area contributed by atoms with Crippen molar-refractivity contribution in [3.63, 3.8) is 0 Å². The molecule has 0 atom stereocenters. The van der Waals surface area contributed by atoms with E-state index in [0.717, 1.165) is 16.7 Å². The minimum absolute atomic E-state index is 0.0671. The van der Waals surface area contributed by atoms with Crippen molar-refractivity contribution in [2.45, 2.75) is 5.92 Å². The smallest absolute Gasteiger partial charge is 0.322 e. The zero-order chi connectivity index (χ0) is 21.5. The molecule has 0 unspecified atom stereocenters. The number of esters is 1. The monoisotopic (exact) mass is 413 g/mol. The molecular weight excluding hydrogens is 394 g/mol. The fourth-order valence-corrected chi connectivity index (χ4v) is 3.10. The van der Waals surface area contributed by atoms with Crippen molar-refractivity contribution in [1.29, 1.82) is 0 Å². The number of carbonyl (C=O) groups excluding carboxylic acids is 2. The lowest BCUT2D eigenvalue weighted by molar-refractivity contribution is -0.148. The molecule has 0 aliphatic carbocycles. The van der Waals surface area contributed by atoms with Gasteiger partial charge >= 0.3 is 12.0 Å². The molecule has 0 fully saturated rings. The summed E-state index contributed by atoms with van der Waals surface area (Å²) in [7, 11) is 0. The number of nitrogens with zero attached hydrogens (tertiary/aromatic N) is 2. The molecule has 4 rings (SSSR count). The maximum Gasteiger partial charge on any atom is 0.322 e. The van der Waals surface area contributed by atoms with E-state index in [4.69, 9.17) is 9.15 Å². The van der Waals surface area contributed by atoms with Crippen LogP contribution in [0.1, 0.15) is 17.0 Å². The van der Waals surface area contributed by atoms with Gasteiger partial charge in [-0.1, -0.05) is 84.0 Å². The quantitative estimate of drug-likeness (QED) is 0.460. The van der Waals surface area contributed by atoms with Crippen LogP contribution in [0.4, 0.5) is 6.01 Å². The van der Waals surface area contributed by atoms with E-state index in [9.17, 15) is 9.59 Å². The van der Waals surface area contributed by atoms with Crippen molar-refractivity contribution >= 4 is 17.9 Å². The maximum atomic E-state index is 12.8. The number of hydrogen-bond acceptors (Lipinski definition) is 6. The summed E-state index contributed by atoms with van der Waals surface area (Å²) in [6.07, 6.45) is 0. The predicted octanol–water partition coefficient (Wildman–Crippen LogP) is 4.05. The summed E-state index contributed by atoms with van der Waals surface area (Å²) in [5.41, 5.74) is 2.29. The van der Waals surface area contributed by atoms with E-state index in [0.29, 0.717) is 0 Å². The molecule has 0 radical (unpaired) electrons. The largest absolute Gasteiger partial charge is 0.455 e. The Bertz CT molecular complexity index is 1110. The molecule has 0 spiro atoms. The van der Waals surface area contributed by atoms with Crippen molar-refractivity contribution < 1.29 is 18.7 Å². The minimum Gasteiger partial charge on any atom is -0.455 e. The minimum atomic E-state index is -0.636. The highest BCUT2D eigenvalue weighted by Gasteiger charge is 2.25. The summed E-state index contributed by atoms with van der Waals surface area (Å²) in [4.78, 5) is 25.1. The van der Waals surface area contributed by atoms with E-state index >= 15 is 0 Å². The first-order chi connectivity index (χ1) is 15.2. The van der Waals surface area contributed by atoms with Crippen LogP contribution in [0.5, 0.6) is 0 Å². The molecule has 3 aromatic carbocycles. The third-order valence-corrected chi connectivity index (χ3v) is 4.54. The molecule has 4 aromatic rings. The molecule has 0 saturated heterocycles. The molecule has 0 aliphatic heterocycles. The Hall–Kier alpha value is -4.26. The average Bonchev–Trinajstić information content (AvgIpc) is 3.28. The van der Waals surface area contributed by atoms with Gasteiger partial charge in [-0.25, -0.2) is 0 Å². The van der Waals surface area contributed by atoms with Gasteiger partial charge in [0.25, 0.3) is 5.91 Å². The lowest BCUT2D eigenvalue weighted by Gasteiger charge is -2.16. The second-order valence-electron chi connectivity index (χ2n) is 6.69. The van der Waals surface area contributed by atoms with E-state index in [1.807, 2.05) is 91.0 Å². The lowest BCUT2D eigenvalue weighted by Crippen LogP contribution is -2.24. The van der Waals surface area contributed by atoms with E-state index in [1.54, 1.807) is 0 Å². The lowest BCUT2D eigenvalue weighted by atomic mass is 9.91. The number of benzene rings is 3. The van der Waals surface area contributed by atoms with Gasteiger partial charge in [-0.3, -0.25) is 14.9 Å². The first-order valence-electron chi connectivity index (χ1n) is 9.66. The van der Waals surface area contributed by atoms with Crippen LogP contribution < -0.4 is 5.32 Å². The molecule has 31 heavy (non-hydrogen) atoms. The normalized spacial score (nSPS) is 10.6. The van der Waals surface area contributed by atoms with E-state index < -0.39 is 24.4 Å². The van der Waals surface area contributed by atoms with Crippen LogP contribution in [0.25, 0.3) is 11.5 Å². The summed E-state index contributed by atoms with van der Waals surface area (Å²) in [6, 6.07) is 27.7. The molecule has 154 valence electrons. The molecule has 1 heterocycles. The Morgan fingerprint density at radius 1 is 0.806 bits per heavy atom. The summed E-state index contributed by atoms with van der Waals surface area (Å²) in [5.74, 6) is -1.45. The number of rotatable bonds is 7. The number of anilines is 1. The van der Waals surface area contributed by atoms with E-state index in [2.05, 4.69) is 15.5 Å².